The molecular weight excluding hydrogens is 388 g/mol. The molecule has 0 aromatic heterocycles. The molecule has 0 aliphatic carbocycles. The van der Waals surface area contributed by atoms with Crippen molar-refractivity contribution in [2.45, 2.75) is 25.6 Å². The van der Waals surface area contributed by atoms with Gasteiger partial charge >= 0.3 is 6.03 Å². The number of urea groups is 1. The van der Waals surface area contributed by atoms with Gasteiger partial charge in [0.15, 0.2) is 0 Å². The summed E-state index contributed by atoms with van der Waals surface area (Å²) in [6.45, 7) is 7.17. The van der Waals surface area contributed by atoms with Gasteiger partial charge in [-0.3, -0.25) is 10.1 Å². The van der Waals surface area contributed by atoms with E-state index < -0.39 is 12.1 Å². The summed E-state index contributed by atoms with van der Waals surface area (Å²) < 4.78 is 0. The third kappa shape index (κ3) is 4.38. The van der Waals surface area contributed by atoms with Gasteiger partial charge in [-0.25, -0.2) is 4.79 Å². The summed E-state index contributed by atoms with van der Waals surface area (Å²) in [6.07, 6.45) is 7.87. The molecule has 1 fully saturated rings. The smallest absolute Gasteiger partial charge is 0.322 e. The highest BCUT2D eigenvalue weighted by Gasteiger charge is 2.30. The Morgan fingerprint density at radius 2 is 1.77 bits per heavy atom. The molecule has 158 valence electrons. The van der Waals surface area contributed by atoms with E-state index in [1.807, 2.05) is 42.6 Å². The van der Waals surface area contributed by atoms with Crippen molar-refractivity contribution in [2.75, 3.05) is 7.05 Å². The summed E-state index contributed by atoms with van der Waals surface area (Å²) in [4.78, 5) is 24.8. The standard InChI is InChI=1S/C14H13N3O2.C11H13N/c18-13-12(16-14(19)17-13)10-6-4-9(5-7-10)11-3-1-2-8-15-11;1-8-4-5-10-7-12(3)9(2)11(10)6-8/h1-8,11-12,15H,(H2,16,17,18,19);4-6H,2,7H2,1,3H3. The van der Waals surface area contributed by atoms with Crippen LogP contribution in [0.4, 0.5) is 4.79 Å². The predicted molar refractivity (Wildman–Crippen MR) is 122 cm³/mol. The van der Waals surface area contributed by atoms with Gasteiger partial charge in [-0.1, -0.05) is 60.7 Å². The van der Waals surface area contributed by atoms with Crippen molar-refractivity contribution in [2.24, 2.45) is 0 Å². The number of carbonyl (C=O) groups is 2. The van der Waals surface area contributed by atoms with Crippen LogP contribution in [-0.4, -0.2) is 23.9 Å². The van der Waals surface area contributed by atoms with Gasteiger partial charge in [0.1, 0.15) is 6.04 Å². The molecule has 2 unspecified atom stereocenters. The van der Waals surface area contributed by atoms with Crippen molar-refractivity contribution < 1.29 is 9.59 Å². The van der Waals surface area contributed by atoms with Gasteiger partial charge in [-0.2, -0.15) is 0 Å². The Balaban J connectivity index is 0.000000166. The van der Waals surface area contributed by atoms with Crippen molar-refractivity contribution in [3.05, 3.63) is 101 Å². The zero-order valence-corrected chi connectivity index (χ0v) is 17.7. The van der Waals surface area contributed by atoms with Crippen LogP contribution in [-0.2, 0) is 11.3 Å². The van der Waals surface area contributed by atoms with Gasteiger partial charge < -0.3 is 15.5 Å². The molecular formula is C25H26N4O2. The Labute approximate surface area is 182 Å². The molecule has 3 amide bonds. The molecule has 6 nitrogen and oxygen atoms in total. The molecule has 2 aromatic carbocycles. The highest BCUT2D eigenvalue weighted by Crippen LogP contribution is 2.30. The first-order chi connectivity index (χ1) is 14.9. The summed E-state index contributed by atoms with van der Waals surface area (Å²) in [6, 6.07) is 13.3. The minimum absolute atomic E-state index is 0.144. The number of benzene rings is 2. The number of hydrogen-bond donors (Lipinski definition) is 3. The van der Waals surface area contributed by atoms with Crippen LogP contribution in [0.3, 0.4) is 0 Å². The lowest BCUT2D eigenvalue weighted by molar-refractivity contribution is -0.120. The van der Waals surface area contributed by atoms with E-state index in [2.05, 4.69) is 65.7 Å². The number of fused-ring (bicyclic) bond motifs is 1. The lowest BCUT2D eigenvalue weighted by Crippen LogP contribution is -2.22. The molecule has 2 atom stereocenters. The maximum atomic E-state index is 11.5. The lowest BCUT2D eigenvalue weighted by atomic mass is 10.0. The Morgan fingerprint density at radius 1 is 1.03 bits per heavy atom. The molecule has 0 spiro atoms. The SMILES string of the molecule is C=C1c2cc(C)ccc2CN1C.O=C1NC(=O)C(c2ccc(C3C=CC=CN3)cc2)N1. The topological polar surface area (TPSA) is 73.5 Å². The Bertz CT molecular complexity index is 1090. The van der Waals surface area contributed by atoms with E-state index >= 15 is 0 Å². The zero-order valence-electron chi connectivity index (χ0n) is 17.7. The molecule has 5 rings (SSSR count). The molecule has 3 aliphatic rings. The highest BCUT2D eigenvalue weighted by molar-refractivity contribution is 6.04. The number of nitrogens with one attached hydrogen (secondary N) is 3. The van der Waals surface area contributed by atoms with Gasteiger partial charge in [0.05, 0.1) is 6.04 Å². The quantitative estimate of drug-likeness (QED) is 0.656. The molecule has 3 N–H and O–H groups in total. The second-order valence-electron chi connectivity index (χ2n) is 7.91. The zero-order chi connectivity index (χ0) is 22.0. The second-order valence-corrected chi connectivity index (χ2v) is 7.91. The Morgan fingerprint density at radius 3 is 2.42 bits per heavy atom. The normalized spacial score (nSPS) is 21.1. The molecule has 0 radical (unpaired) electrons. The molecule has 0 saturated carbocycles. The summed E-state index contributed by atoms with van der Waals surface area (Å²) in [7, 11) is 2.08. The summed E-state index contributed by atoms with van der Waals surface area (Å²) in [5, 5.41) is 8.02. The minimum atomic E-state index is -0.587. The van der Waals surface area contributed by atoms with Crippen LogP contribution >= 0.6 is 0 Å². The number of aryl methyl sites for hydroxylation is 1. The Kier molecular flexibility index (Phi) is 5.62. The number of dihydropyridines is 1. The number of allylic oxidation sites excluding steroid dienone is 2. The van der Waals surface area contributed by atoms with Crippen LogP contribution in [0.25, 0.3) is 5.70 Å². The van der Waals surface area contributed by atoms with Crippen molar-refractivity contribution in [3.8, 4) is 0 Å². The fraction of sp³-hybridized carbons (Fsp3) is 0.200. The number of imide groups is 1. The molecule has 2 aromatic rings. The van der Waals surface area contributed by atoms with Gasteiger partial charge in [0.25, 0.3) is 5.91 Å². The molecule has 3 heterocycles. The maximum absolute atomic E-state index is 11.5. The number of nitrogens with zero attached hydrogens (tertiary/aromatic N) is 1. The van der Waals surface area contributed by atoms with E-state index in [4.69, 9.17) is 0 Å². The van der Waals surface area contributed by atoms with E-state index in [0.29, 0.717) is 0 Å². The van der Waals surface area contributed by atoms with Crippen LogP contribution in [0.2, 0.25) is 0 Å². The van der Waals surface area contributed by atoms with Crippen LogP contribution in [0, 0.1) is 6.92 Å². The van der Waals surface area contributed by atoms with Crippen molar-refractivity contribution in [3.63, 3.8) is 0 Å². The van der Waals surface area contributed by atoms with Crippen LogP contribution < -0.4 is 16.0 Å². The third-order valence-electron chi connectivity index (χ3n) is 5.63. The predicted octanol–water partition coefficient (Wildman–Crippen LogP) is 3.69. The third-order valence-corrected chi connectivity index (χ3v) is 5.63. The van der Waals surface area contributed by atoms with E-state index in [9.17, 15) is 9.59 Å². The number of rotatable bonds is 2. The fourth-order valence-electron chi connectivity index (χ4n) is 3.85. The molecule has 3 aliphatic heterocycles. The van der Waals surface area contributed by atoms with E-state index in [-0.39, 0.29) is 11.9 Å². The summed E-state index contributed by atoms with van der Waals surface area (Å²) >= 11 is 0. The van der Waals surface area contributed by atoms with E-state index in [1.165, 1.54) is 16.7 Å². The largest absolute Gasteiger partial charge is 0.381 e. The number of hydrogen-bond acceptors (Lipinski definition) is 4. The first-order valence-electron chi connectivity index (χ1n) is 10.2. The fourth-order valence-corrected chi connectivity index (χ4v) is 3.85. The van der Waals surface area contributed by atoms with Gasteiger partial charge in [-0.15, -0.1) is 0 Å². The monoisotopic (exact) mass is 414 g/mol. The molecule has 6 heteroatoms. The molecule has 1 saturated heterocycles. The summed E-state index contributed by atoms with van der Waals surface area (Å²) in [5.41, 5.74) is 7.06. The average Bonchev–Trinajstić information content (AvgIpc) is 3.27. The number of amides is 3. The molecule has 31 heavy (non-hydrogen) atoms. The number of carbonyl (C=O) groups excluding carboxylic acids is 2. The minimum Gasteiger partial charge on any atom is -0.381 e. The highest BCUT2D eigenvalue weighted by atomic mass is 16.2. The first-order valence-corrected chi connectivity index (χ1v) is 10.2. The van der Waals surface area contributed by atoms with Crippen LogP contribution in [0.5, 0.6) is 0 Å². The second kappa shape index (κ2) is 8.52. The Hall–Kier alpha value is -3.80. The average molecular weight is 415 g/mol. The van der Waals surface area contributed by atoms with E-state index in [0.717, 1.165) is 23.4 Å². The van der Waals surface area contributed by atoms with Gasteiger partial charge in [0, 0.05) is 24.9 Å². The van der Waals surface area contributed by atoms with E-state index in [1.54, 1.807) is 0 Å². The van der Waals surface area contributed by atoms with Gasteiger partial charge in [-0.05, 0) is 42.0 Å². The van der Waals surface area contributed by atoms with Crippen LogP contribution in [0.1, 0.15) is 39.9 Å². The summed E-state index contributed by atoms with van der Waals surface area (Å²) in [5.74, 6) is -0.309. The lowest BCUT2D eigenvalue weighted by Gasteiger charge is -2.17. The van der Waals surface area contributed by atoms with Crippen LogP contribution in [0.15, 0.2) is 73.5 Å². The van der Waals surface area contributed by atoms with Crippen molar-refractivity contribution in [1.29, 1.82) is 0 Å². The first kappa shape index (κ1) is 20.5. The van der Waals surface area contributed by atoms with Gasteiger partial charge in [0.2, 0.25) is 0 Å². The molecule has 0 bridgehead atoms. The van der Waals surface area contributed by atoms with Crippen molar-refractivity contribution in [1.82, 2.24) is 20.9 Å². The maximum Gasteiger partial charge on any atom is 0.322 e. The van der Waals surface area contributed by atoms with Crippen molar-refractivity contribution >= 4 is 17.6 Å².